The fraction of sp³-hybridized carbons (Fsp3) is 0.400. The number of nitrogens with one attached hydrogen (secondary N) is 1. The van der Waals surface area contributed by atoms with Crippen LogP contribution in [0.2, 0.25) is 0 Å². The van der Waals surface area contributed by atoms with Crippen LogP contribution in [0.1, 0.15) is 32.3 Å². The van der Waals surface area contributed by atoms with Gasteiger partial charge in [-0.15, -0.1) is 0 Å². The molecule has 0 aliphatic carbocycles. The highest BCUT2D eigenvalue weighted by Gasteiger charge is 2.49. The zero-order valence-electron chi connectivity index (χ0n) is 10.7. The Bertz CT molecular complexity index is 535. The summed E-state index contributed by atoms with van der Waals surface area (Å²) in [6.07, 6.45) is 3.73. The molecule has 1 amide bonds. The van der Waals surface area contributed by atoms with Crippen LogP contribution < -0.4 is 5.32 Å². The van der Waals surface area contributed by atoms with Gasteiger partial charge in [-0.2, -0.15) is 0 Å². The number of benzene rings is 1. The molecule has 1 spiro atoms. The molecule has 94 valence electrons. The van der Waals surface area contributed by atoms with Crippen LogP contribution in [0.5, 0.6) is 0 Å². The molecule has 1 aromatic rings. The number of carbonyl (C=O) groups excluding carboxylic acids is 1. The van der Waals surface area contributed by atoms with Gasteiger partial charge in [-0.1, -0.05) is 29.8 Å². The molecule has 0 fully saturated rings. The monoisotopic (exact) mass is 243 g/mol. The fourth-order valence-electron chi connectivity index (χ4n) is 2.85. The van der Waals surface area contributed by atoms with Crippen molar-refractivity contribution in [1.82, 2.24) is 0 Å². The SMILES string of the molecule is CC1=CCC(C)OC2(C1)C(=O)Nc1ccccc12. The Balaban J connectivity index is 2.13. The van der Waals surface area contributed by atoms with Crippen LogP contribution in [0.25, 0.3) is 0 Å². The zero-order valence-corrected chi connectivity index (χ0v) is 10.7. The topological polar surface area (TPSA) is 38.3 Å². The number of hydrogen-bond acceptors (Lipinski definition) is 2. The highest BCUT2D eigenvalue weighted by molar-refractivity contribution is 6.05. The fourth-order valence-corrected chi connectivity index (χ4v) is 2.85. The predicted octanol–water partition coefficient (Wildman–Crippen LogP) is 2.98. The number of amides is 1. The number of hydrogen-bond donors (Lipinski definition) is 1. The third-order valence-corrected chi connectivity index (χ3v) is 3.71. The Morgan fingerprint density at radius 2 is 2.17 bits per heavy atom. The molecule has 0 aromatic heterocycles. The molecule has 1 aromatic carbocycles. The van der Waals surface area contributed by atoms with Crippen molar-refractivity contribution in [3.8, 4) is 0 Å². The van der Waals surface area contributed by atoms with E-state index in [-0.39, 0.29) is 12.0 Å². The van der Waals surface area contributed by atoms with E-state index in [1.807, 2.05) is 31.2 Å². The molecule has 3 rings (SSSR count). The van der Waals surface area contributed by atoms with Crippen molar-refractivity contribution in [3.63, 3.8) is 0 Å². The molecule has 0 radical (unpaired) electrons. The molecule has 2 aliphatic rings. The van der Waals surface area contributed by atoms with E-state index < -0.39 is 5.60 Å². The average molecular weight is 243 g/mol. The quantitative estimate of drug-likeness (QED) is 0.711. The summed E-state index contributed by atoms with van der Waals surface area (Å²) in [7, 11) is 0. The van der Waals surface area contributed by atoms with E-state index in [1.54, 1.807) is 0 Å². The molecule has 1 N–H and O–H groups in total. The summed E-state index contributed by atoms with van der Waals surface area (Å²) in [5, 5.41) is 2.94. The average Bonchev–Trinajstić information content (AvgIpc) is 2.50. The van der Waals surface area contributed by atoms with Crippen LogP contribution in [0.4, 0.5) is 5.69 Å². The number of ether oxygens (including phenoxy) is 1. The summed E-state index contributed by atoms with van der Waals surface area (Å²) < 4.78 is 6.10. The maximum Gasteiger partial charge on any atom is 0.261 e. The summed E-state index contributed by atoms with van der Waals surface area (Å²) in [5.41, 5.74) is 2.24. The normalized spacial score (nSPS) is 30.7. The van der Waals surface area contributed by atoms with Crippen LogP contribution in [0, 0.1) is 0 Å². The lowest BCUT2D eigenvalue weighted by molar-refractivity contribution is -0.148. The van der Waals surface area contributed by atoms with Crippen molar-refractivity contribution in [1.29, 1.82) is 0 Å². The number of fused-ring (bicyclic) bond motifs is 2. The molecule has 3 nitrogen and oxygen atoms in total. The first kappa shape index (κ1) is 11.5. The molecule has 2 unspecified atom stereocenters. The van der Waals surface area contributed by atoms with Gasteiger partial charge in [-0.3, -0.25) is 4.79 Å². The maximum atomic E-state index is 12.4. The number of carbonyl (C=O) groups is 1. The van der Waals surface area contributed by atoms with Gasteiger partial charge in [0.1, 0.15) is 0 Å². The minimum Gasteiger partial charge on any atom is -0.357 e. The van der Waals surface area contributed by atoms with Crippen LogP contribution in [-0.2, 0) is 15.1 Å². The van der Waals surface area contributed by atoms with E-state index in [4.69, 9.17) is 4.74 Å². The highest BCUT2D eigenvalue weighted by Crippen LogP contribution is 2.45. The lowest BCUT2D eigenvalue weighted by Crippen LogP contribution is -2.39. The first-order chi connectivity index (χ1) is 8.62. The lowest BCUT2D eigenvalue weighted by atomic mass is 9.88. The van der Waals surface area contributed by atoms with E-state index in [0.717, 1.165) is 17.7 Å². The van der Waals surface area contributed by atoms with Crippen molar-refractivity contribution >= 4 is 11.6 Å². The van der Waals surface area contributed by atoms with Gasteiger partial charge in [-0.05, 0) is 26.3 Å². The van der Waals surface area contributed by atoms with Gasteiger partial charge in [0.2, 0.25) is 0 Å². The molecular formula is C15H17NO2. The van der Waals surface area contributed by atoms with Crippen LogP contribution in [0.3, 0.4) is 0 Å². The smallest absolute Gasteiger partial charge is 0.261 e. The van der Waals surface area contributed by atoms with Crippen LogP contribution in [0.15, 0.2) is 35.9 Å². The molecule has 3 heteroatoms. The van der Waals surface area contributed by atoms with Gasteiger partial charge >= 0.3 is 0 Å². The summed E-state index contributed by atoms with van der Waals surface area (Å²) in [5.74, 6) is -0.0369. The van der Waals surface area contributed by atoms with Crippen molar-refractivity contribution in [2.24, 2.45) is 0 Å². The van der Waals surface area contributed by atoms with Gasteiger partial charge in [0.15, 0.2) is 5.60 Å². The Morgan fingerprint density at radius 1 is 1.39 bits per heavy atom. The van der Waals surface area contributed by atoms with Gasteiger partial charge in [0, 0.05) is 17.7 Å². The molecule has 0 saturated heterocycles. The second-order valence-corrected chi connectivity index (χ2v) is 5.22. The Labute approximate surface area is 107 Å². The van der Waals surface area contributed by atoms with Crippen LogP contribution >= 0.6 is 0 Å². The Kier molecular flexibility index (Phi) is 2.52. The van der Waals surface area contributed by atoms with E-state index in [2.05, 4.69) is 18.3 Å². The lowest BCUT2D eigenvalue weighted by Gasteiger charge is -2.29. The van der Waals surface area contributed by atoms with Gasteiger partial charge in [-0.25, -0.2) is 0 Å². The van der Waals surface area contributed by atoms with E-state index in [0.29, 0.717) is 6.42 Å². The first-order valence-electron chi connectivity index (χ1n) is 6.36. The maximum absolute atomic E-state index is 12.4. The van der Waals surface area contributed by atoms with Crippen molar-refractivity contribution in [3.05, 3.63) is 41.5 Å². The van der Waals surface area contributed by atoms with E-state index >= 15 is 0 Å². The molecule has 2 heterocycles. The highest BCUT2D eigenvalue weighted by atomic mass is 16.5. The van der Waals surface area contributed by atoms with Crippen molar-refractivity contribution in [2.75, 3.05) is 5.32 Å². The summed E-state index contributed by atoms with van der Waals surface area (Å²) in [6.45, 7) is 4.09. The molecule has 2 atom stereocenters. The van der Waals surface area contributed by atoms with E-state index in [1.165, 1.54) is 5.57 Å². The summed E-state index contributed by atoms with van der Waals surface area (Å²) in [6, 6.07) is 7.80. The van der Waals surface area contributed by atoms with Gasteiger partial charge < -0.3 is 10.1 Å². The van der Waals surface area contributed by atoms with Gasteiger partial charge in [0.05, 0.1) is 6.10 Å². The third-order valence-electron chi connectivity index (χ3n) is 3.71. The molecule has 0 saturated carbocycles. The standard InChI is InChI=1S/C15H17NO2/c1-10-7-8-11(2)18-15(9-10)12-5-3-4-6-13(12)16-14(15)17/h3-7,11H,8-9H2,1-2H3,(H,16,17). The van der Waals surface area contributed by atoms with Crippen molar-refractivity contribution in [2.45, 2.75) is 38.4 Å². The van der Waals surface area contributed by atoms with Gasteiger partial charge in [0.25, 0.3) is 5.91 Å². The first-order valence-corrected chi connectivity index (χ1v) is 6.36. The minimum absolute atomic E-state index is 0.0369. The third kappa shape index (κ3) is 1.58. The number of rotatable bonds is 0. The summed E-state index contributed by atoms with van der Waals surface area (Å²) in [4.78, 5) is 12.4. The molecule has 0 bridgehead atoms. The number of anilines is 1. The van der Waals surface area contributed by atoms with E-state index in [9.17, 15) is 4.79 Å². The second-order valence-electron chi connectivity index (χ2n) is 5.22. The molecular weight excluding hydrogens is 226 g/mol. The van der Waals surface area contributed by atoms with Crippen molar-refractivity contribution < 1.29 is 9.53 Å². The minimum atomic E-state index is -0.826. The van der Waals surface area contributed by atoms with Crippen LogP contribution in [-0.4, -0.2) is 12.0 Å². The zero-order chi connectivity index (χ0) is 12.8. The molecule has 2 aliphatic heterocycles. The molecule has 18 heavy (non-hydrogen) atoms. The predicted molar refractivity (Wildman–Crippen MR) is 70.3 cm³/mol. The number of para-hydroxylation sites is 1. The largest absolute Gasteiger partial charge is 0.357 e. The second kappa shape index (κ2) is 3.95. The summed E-state index contributed by atoms with van der Waals surface area (Å²) >= 11 is 0. The Hall–Kier alpha value is -1.61. The Morgan fingerprint density at radius 3 is 3.00 bits per heavy atom.